The molecule has 0 aliphatic carbocycles. The molecule has 1 amide bonds. The van der Waals surface area contributed by atoms with Crippen LogP contribution in [0.2, 0.25) is 0 Å². The van der Waals surface area contributed by atoms with Gasteiger partial charge in [-0.1, -0.05) is 11.8 Å². The Bertz CT molecular complexity index is 1190. The smallest absolute Gasteiger partial charge is 0.234 e. The van der Waals surface area contributed by atoms with Crippen LogP contribution in [0.3, 0.4) is 0 Å². The van der Waals surface area contributed by atoms with Crippen molar-refractivity contribution in [2.24, 2.45) is 0 Å². The van der Waals surface area contributed by atoms with E-state index in [9.17, 15) is 9.18 Å². The molecule has 9 heteroatoms. The third-order valence-electron chi connectivity index (χ3n) is 4.22. The van der Waals surface area contributed by atoms with Gasteiger partial charge in [-0.05, 0) is 55.5 Å². The number of thiazole rings is 1. The zero-order chi connectivity index (χ0) is 21.1. The first kappa shape index (κ1) is 20.2. The van der Waals surface area contributed by atoms with Crippen molar-refractivity contribution in [1.29, 1.82) is 0 Å². The number of methoxy groups -OCH3 is 1. The number of anilines is 1. The molecule has 0 aliphatic rings. The molecule has 1 N–H and O–H groups in total. The number of rotatable bonds is 6. The SMILES string of the molecule is COc1ccc(NC(=O)CSc2nnc(-c3ccc(F)cc3)c3sc(C)nc23)cc1. The molecular weight excluding hydrogens is 423 g/mol. The standard InChI is InChI=1S/C21H17FN4O2S2/c1-12-23-19-20(30-12)18(13-3-5-14(22)6-4-13)25-26-21(19)29-11-17(27)24-15-7-9-16(28-2)10-8-15/h3-10H,11H2,1-2H3,(H,24,27). The number of halogens is 1. The monoisotopic (exact) mass is 440 g/mol. The number of fused-ring (bicyclic) bond motifs is 1. The van der Waals surface area contributed by atoms with E-state index in [1.165, 1.54) is 35.2 Å². The van der Waals surface area contributed by atoms with Crippen LogP contribution >= 0.6 is 23.1 Å². The van der Waals surface area contributed by atoms with E-state index in [0.29, 0.717) is 21.9 Å². The van der Waals surface area contributed by atoms with Gasteiger partial charge in [0.25, 0.3) is 0 Å². The Hall–Kier alpha value is -3.04. The van der Waals surface area contributed by atoms with Gasteiger partial charge in [0, 0.05) is 11.3 Å². The van der Waals surface area contributed by atoms with E-state index in [2.05, 4.69) is 20.5 Å². The number of nitrogens with zero attached hydrogens (tertiary/aromatic N) is 3. The van der Waals surface area contributed by atoms with Crippen molar-refractivity contribution in [2.75, 3.05) is 18.2 Å². The Morgan fingerprint density at radius 1 is 1.13 bits per heavy atom. The molecule has 0 unspecified atom stereocenters. The van der Waals surface area contributed by atoms with E-state index in [-0.39, 0.29) is 17.5 Å². The molecule has 0 aliphatic heterocycles. The average molecular weight is 441 g/mol. The Balaban J connectivity index is 1.52. The van der Waals surface area contributed by atoms with Crippen LogP contribution in [0.1, 0.15) is 5.01 Å². The summed E-state index contributed by atoms with van der Waals surface area (Å²) in [5.74, 6) is 0.427. The molecule has 0 saturated carbocycles. The molecule has 4 rings (SSSR count). The number of aromatic nitrogens is 3. The predicted octanol–water partition coefficient (Wildman–Crippen LogP) is 4.94. The Labute approximate surface area is 180 Å². The van der Waals surface area contributed by atoms with Gasteiger partial charge in [0.15, 0.2) is 0 Å². The summed E-state index contributed by atoms with van der Waals surface area (Å²) in [5, 5.41) is 12.9. The summed E-state index contributed by atoms with van der Waals surface area (Å²) in [6.07, 6.45) is 0. The largest absolute Gasteiger partial charge is 0.497 e. The first-order valence-electron chi connectivity index (χ1n) is 9.00. The van der Waals surface area contributed by atoms with E-state index in [1.807, 2.05) is 6.92 Å². The fourth-order valence-electron chi connectivity index (χ4n) is 2.82. The molecule has 0 saturated heterocycles. The molecule has 0 spiro atoms. The van der Waals surface area contributed by atoms with Crippen LogP contribution in [-0.2, 0) is 4.79 Å². The first-order chi connectivity index (χ1) is 14.5. The van der Waals surface area contributed by atoms with Crippen molar-refractivity contribution >= 4 is 44.9 Å². The second-order valence-corrected chi connectivity index (χ2v) is 8.50. The lowest BCUT2D eigenvalue weighted by Crippen LogP contribution is -2.14. The Morgan fingerprint density at radius 2 is 1.87 bits per heavy atom. The normalized spacial score (nSPS) is 10.9. The number of hydrogen-bond donors (Lipinski definition) is 1. The number of hydrogen-bond acceptors (Lipinski definition) is 7. The van der Waals surface area contributed by atoms with Crippen LogP contribution in [-0.4, -0.2) is 34.0 Å². The number of thioether (sulfide) groups is 1. The lowest BCUT2D eigenvalue weighted by molar-refractivity contribution is -0.113. The van der Waals surface area contributed by atoms with E-state index in [4.69, 9.17) is 4.74 Å². The van der Waals surface area contributed by atoms with E-state index in [0.717, 1.165) is 21.0 Å². The van der Waals surface area contributed by atoms with Crippen LogP contribution in [0.25, 0.3) is 21.5 Å². The third kappa shape index (κ3) is 4.42. The summed E-state index contributed by atoms with van der Waals surface area (Å²) < 4.78 is 19.2. The highest BCUT2D eigenvalue weighted by atomic mass is 32.2. The van der Waals surface area contributed by atoms with Gasteiger partial charge in [0.1, 0.15) is 27.8 Å². The second-order valence-electron chi connectivity index (χ2n) is 6.34. The first-order valence-corrected chi connectivity index (χ1v) is 10.8. The zero-order valence-electron chi connectivity index (χ0n) is 16.2. The Morgan fingerprint density at radius 3 is 2.57 bits per heavy atom. The number of nitrogens with one attached hydrogen (secondary N) is 1. The van der Waals surface area contributed by atoms with Gasteiger partial charge in [-0.2, -0.15) is 0 Å². The molecular formula is C21H17FN4O2S2. The van der Waals surface area contributed by atoms with E-state index >= 15 is 0 Å². The van der Waals surface area contributed by atoms with Crippen molar-refractivity contribution < 1.29 is 13.9 Å². The van der Waals surface area contributed by atoms with Crippen LogP contribution in [0, 0.1) is 12.7 Å². The topological polar surface area (TPSA) is 77.0 Å². The maximum Gasteiger partial charge on any atom is 0.234 e. The minimum absolute atomic E-state index is 0.158. The lowest BCUT2D eigenvalue weighted by atomic mass is 10.1. The lowest BCUT2D eigenvalue weighted by Gasteiger charge is -2.07. The number of amides is 1. The zero-order valence-corrected chi connectivity index (χ0v) is 17.8. The van der Waals surface area contributed by atoms with Gasteiger partial charge in [0.2, 0.25) is 5.91 Å². The molecule has 30 heavy (non-hydrogen) atoms. The highest BCUT2D eigenvalue weighted by Crippen LogP contribution is 2.35. The fraction of sp³-hybridized carbons (Fsp3) is 0.143. The molecule has 0 radical (unpaired) electrons. The highest BCUT2D eigenvalue weighted by Gasteiger charge is 2.17. The number of ether oxygens (including phenoxy) is 1. The molecule has 2 aromatic heterocycles. The average Bonchev–Trinajstić information content (AvgIpc) is 3.15. The molecule has 4 aromatic rings. The Kier molecular flexibility index (Phi) is 5.91. The van der Waals surface area contributed by atoms with Crippen molar-refractivity contribution in [3.63, 3.8) is 0 Å². The predicted molar refractivity (Wildman–Crippen MR) is 118 cm³/mol. The van der Waals surface area contributed by atoms with Gasteiger partial charge in [0.05, 0.1) is 22.6 Å². The maximum atomic E-state index is 13.3. The molecule has 152 valence electrons. The fourth-order valence-corrected chi connectivity index (χ4v) is 4.53. The van der Waals surface area contributed by atoms with E-state index in [1.54, 1.807) is 43.5 Å². The van der Waals surface area contributed by atoms with Gasteiger partial charge >= 0.3 is 0 Å². The number of carbonyl (C=O) groups is 1. The van der Waals surface area contributed by atoms with Crippen LogP contribution in [0.15, 0.2) is 53.6 Å². The molecule has 2 aromatic carbocycles. The summed E-state index contributed by atoms with van der Waals surface area (Å²) >= 11 is 2.78. The van der Waals surface area contributed by atoms with Crippen LogP contribution in [0.4, 0.5) is 10.1 Å². The van der Waals surface area contributed by atoms with Gasteiger partial charge in [-0.3, -0.25) is 4.79 Å². The second kappa shape index (κ2) is 8.76. The quantitative estimate of drug-likeness (QED) is 0.428. The van der Waals surface area contributed by atoms with Crippen molar-refractivity contribution in [3.05, 3.63) is 59.4 Å². The molecule has 6 nitrogen and oxygen atoms in total. The maximum absolute atomic E-state index is 13.3. The van der Waals surface area contributed by atoms with Gasteiger partial charge in [-0.15, -0.1) is 21.5 Å². The summed E-state index contributed by atoms with van der Waals surface area (Å²) in [6, 6.07) is 13.2. The summed E-state index contributed by atoms with van der Waals surface area (Å²) in [7, 11) is 1.59. The van der Waals surface area contributed by atoms with Gasteiger partial charge in [-0.25, -0.2) is 9.37 Å². The molecule has 0 fully saturated rings. The van der Waals surface area contributed by atoms with Crippen molar-refractivity contribution in [3.8, 4) is 17.0 Å². The van der Waals surface area contributed by atoms with E-state index < -0.39 is 0 Å². The van der Waals surface area contributed by atoms with Gasteiger partial charge < -0.3 is 10.1 Å². The third-order valence-corrected chi connectivity index (χ3v) is 6.16. The van der Waals surface area contributed by atoms with Crippen LogP contribution < -0.4 is 10.1 Å². The number of aryl methyl sites for hydroxylation is 1. The summed E-state index contributed by atoms with van der Waals surface area (Å²) in [6.45, 7) is 1.91. The molecule has 0 bridgehead atoms. The van der Waals surface area contributed by atoms with Crippen molar-refractivity contribution in [1.82, 2.24) is 15.2 Å². The molecule has 0 atom stereocenters. The number of benzene rings is 2. The van der Waals surface area contributed by atoms with Crippen LogP contribution in [0.5, 0.6) is 5.75 Å². The molecule has 2 heterocycles. The van der Waals surface area contributed by atoms with Crippen molar-refractivity contribution in [2.45, 2.75) is 11.9 Å². The minimum atomic E-state index is -0.307. The highest BCUT2D eigenvalue weighted by molar-refractivity contribution is 8.00. The summed E-state index contributed by atoms with van der Waals surface area (Å²) in [5.41, 5.74) is 2.82. The summed E-state index contributed by atoms with van der Waals surface area (Å²) in [4.78, 5) is 16.9. The minimum Gasteiger partial charge on any atom is -0.497 e. The number of carbonyl (C=O) groups excluding carboxylic acids is 1.